The molecule has 0 fully saturated rings. The van der Waals surface area contributed by atoms with Crippen LogP contribution in [0.25, 0.3) is 0 Å². The van der Waals surface area contributed by atoms with Crippen LogP contribution in [0.2, 0.25) is 0 Å². The Labute approximate surface area is 143 Å². The number of rotatable bonds is 6. The van der Waals surface area contributed by atoms with Crippen molar-refractivity contribution in [3.05, 3.63) is 53.8 Å². The van der Waals surface area contributed by atoms with E-state index in [1.165, 1.54) is 48.4 Å². The summed E-state index contributed by atoms with van der Waals surface area (Å²) in [6.45, 7) is -2.75. The van der Waals surface area contributed by atoms with Crippen molar-refractivity contribution >= 4 is 11.7 Å². The van der Waals surface area contributed by atoms with Gasteiger partial charge in [-0.05, 0) is 42.0 Å². The minimum atomic E-state index is -2.95. The zero-order valence-electron chi connectivity index (χ0n) is 13.6. The van der Waals surface area contributed by atoms with Gasteiger partial charge in [0.1, 0.15) is 5.82 Å². The first-order valence-corrected chi connectivity index (χ1v) is 7.28. The largest absolute Gasteiger partial charge is 0.493 e. The topological polar surface area (TPSA) is 50.8 Å². The molecule has 0 saturated heterocycles. The van der Waals surface area contributed by atoms with Crippen molar-refractivity contribution in [2.75, 3.05) is 19.5 Å². The van der Waals surface area contributed by atoms with E-state index < -0.39 is 18.5 Å². The first-order valence-electron chi connectivity index (χ1n) is 7.28. The van der Waals surface area contributed by atoms with Crippen molar-refractivity contribution in [3.63, 3.8) is 0 Å². The van der Waals surface area contributed by atoms with E-state index in [9.17, 15) is 18.0 Å². The van der Waals surface area contributed by atoms with Gasteiger partial charge < -0.3 is 19.7 Å². The number of halogens is 3. The monoisotopic (exact) mass is 354 g/mol. The summed E-state index contributed by atoms with van der Waals surface area (Å²) in [7, 11) is 2.90. The van der Waals surface area contributed by atoms with Crippen LogP contribution in [0.15, 0.2) is 42.5 Å². The highest BCUT2D eigenvalue weighted by Gasteiger charge is 2.14. The van der Waals surface area contributed by atoms with Gasteiger partial charge in [-0.3, -0.25) is 0 Å². The fourth-order valence-electron chi connectivity index (χ4n) is 2.10. The lowest BCUT2D eigenvalue weighted by atomic mass is 10.2. The van der Waals surface area contributed by atoms with Crippen LogP contribution in [0, 0.1) is 5.82 Å². The third-order valence-electron chi connectivity index (χ3n) is 3.31. The molecule has 2 amide bonds. The van der Waals surface area contributed by atoms with Gasteiger partial charge in [-0.2, -0.15) is 8.78 Å². The lowest BCUT2D eigenvalue weighted by Gasteiger charge is -2.19. The first-order chi connectivity index (χ1) is 11.9. The number of hydrogen-bond donors (Lipinski definition) is 1. The molecule has 0 saturated carbocycles. The van der Waals surface area contributed by atoms with E-state index in [4.69, 9.17) is 4.74 Å². The second kappa shape index (κ2) is 8.27. The summed E-state index contributed by atoms with van der Waals surface area (Å²) in [5.74, 6) is -0.339. The molecule has 2 rings (SSSR count). The summed E-state index contributed by atoms with van der Waals surface area (Å²) in [5, 5.41) is 2.62. The molecule has 2 aromatic rings. The Morgan fingerprint density at radius 3 is 2.44 bits per heavy atom. The Hall–Kier alpha value is -2.90. The molecule has 1 N–H and O–H groups in total. The maximum atomic E-state index is 12.9. The summed E-state index contributed by atoms with van der Waals surface area (Å²) in [4.78, 5) is 13.5. The van der Waals surface area contributed by atoms with Gasteiger partial charge in [0.2, 0.25) is 0 Å². The maximum absolute atomic E-state index is 12.9. The Balaban J connectivity index is 2.02. The molecule has 0 spiro atoms. The van der Waals surface area contributed by atoms with Crippen LogP contribution < -0.4 is 14.8 Å². The molecule has 0 aliphatic rings. The van der Waals surface area contributed by atoms with E-state index in [0.29, 0.717) is 11.3 Å². The highest BCUT2D eigenvalue weighted by atomic mass is 19.3. The minimum Gasteiger partial charge on any atom is -0.493 e. The van der Waals surface area contributed by atoms with Crippen molar-refractivity contribution < 1.29 is 27.4 Å². The second-order valence-corrected chi connectivity index (χ2v) is 5.16. The number of alkyl halides is 2. The molecule has 0 unspecified atom stereocenters. The van der Waals surface area contributed by atoms with Gasteiger partial charge in [0.25, 0.3) is 0 Å². The smallest absolute Gasteiger partial charge is 0.387 e. The molecule has 25 heavy (non-hydrogen) atoms. The van der Waals surface area contributed by atoms with Gasteiger partial charge in [0, 0.05) is 19.3 Å². The Bertz CT molecular complexity index is 724. The number of anilines is 1. The molecule has 8 heteroatoms. The molecule has 0 radical (unpaired) electrons. The summed E-state index contributed by atoms with van der Waals surface area (Å²) < 4.78 is 46.9. The van der Waals surface area contributed by atoms with Gasteiger partial charge in [0.15, 0.2) is 11.5 Å². The van der Waals surface area contributed by atoms with Crippen LogP contribution in [0.1, 0.15) is 5.56 Å². The van der Waals surface area contributed by atoms with E-state index in [0.717, 1.165) is 0 Å². The van der Waals surface area contributed by atoms with E-state index in [1.54, 1.807) is 13.1 Å². The van der Waals surface area contributed by atoms with Crippen molar-refractivity contribution in [2.24, 2.45) is 0 Å². The number of ether oxygens (including phenoxy) is 2. The molecule has 134 valence electrons. The van der Waals surface area contributed by atoms with Gasteiger partial charge >= 0.3 is 12.6 Å². The predicted molar refractivity (Wildman–Crippen MR) is 86.5 cm³/mol. The number of nitrogens with zero attached hydrogens (tertiary/aromatic N) is 1. The van der Waals surface area contributed by atoms with E-state index in [2.05, 4.69) is 10.1 Å². The average molecular weight is 354 g/mol. The van der Waals surface area contributed by atoms with Crippen molar-refractivity contribution in [1.29, 1.82) is 0 Å². The molecular formula is C17H17F3N2O3. The summed E-state index contributed by atoms with van der Waals surface area (Å²) in [6.07, 6.45) is 0. The van der Waals surface area contributed by atoms with Crippen LogP contribution in [0.3, 0.4) is 0 Å². The number of nitrogens with one attached hydrogen (secondary N) is 1. The summed E-state index contributed by atoms with van der Waals surface area (Å²) in [6, 6.07) is 9.39. The zero-order valence-corrected chi connectivity index (χ0v) is 13.6. The SMILES string of the molecule is COc1cc(CN(C)C(=O)Nc2ccc(F)cc2)ccc1OC(F)F. The van der Waals surface area contributed by atoms with E-state index in [1.807, 2.05) is 0 Å². The third kappa shape index (κ3) is 5.30. The van der Waals surface area contributed by atoms with Crippen LogP contribution in [0.5, 0.6) is 11.5 Å². The fraction of sp³-hybridized carbons (Fsp3) is 0.235. The minimum absolute atomic E-state index is 0.0836. The molecular weight excluding hydrogens is 337 g/mol. The van der Waals surface area contributed by atoms with Crippen molar-refractivity contribution in [3.8, 4) is 11.5 Å². The van der Waals surface area contributed by atoms with Gasteiger partial charge in [0.05, 0.1) is 7.11 Å². The number of benzene rings is 2. The molecule has 0 atom stereocenters. The van der Waals surface area contributed by atoms with Gasteiger partial charge in [-0.25, -0.2) is 9.18 Å². The highest BCUT2D eigenvalue weighted by molar-refractivity contribution is 5.89. The van der Waals surface area contributed by atoms with Gasteiger partial charge in [-0.15, -0.1) is 0 Å². The van der Waals surface area contributed by atoms with E-state index in [-0.39, 0.29) is 18.0 Å². The van der Waals surface area contributed by atoms with Crippen LogP contribution >= 0.6 is 0 Å². The quantitative estimate of drug-likeness (QED) is 0.850. The first kappa shape index (κ1) is 18.4. The Morgan fingerprint density at radius 2 is 1.84 bits per heavy atom. The van der Waals surface area contributed by atoms with Crippen LogP contribution in [-0.4, -0.2) is 31.7 Å². The molecule has 0 aromatic heterocycles. The fourth-order valence-corrected chi connectivity index (χ4v) is 2.10. The predicted octanol–water partition coefficient (Wildman–Crippen LogP) is 4.10. The van der Waals surface area contributed by atoms with Crippen molar-refractivity contribution in [1.82, 2.24) is 4.90 Å². The zero-order chi connectivity index (χ0) is 18.4. The number of hydrogen-bond acceptors (Lipinski definition) is 3. The molecule has 5 nitrogen and oxygen atoms in total. The lowest BCUT2D eigenvalue weighted by molar-refractivity contribution is -0.0512. The number of carbonyl (C=O) groups is 1. The molecule has 2 aromatic carbocycles. The average Bonchev–Trinajstić information content (AvgIpc) is 2.57. The summed E-state index contributed by atoms with van der Waals surface area (Å²) >= 11 is 0. The maximum Gasteiger partial charge on any atom is 0.387 e. The standard InChI is InChI=1S/C17H17F3N2O3/c1-22(17(23)21-13-6-4-12(18)5-7-13)10-11-3-8-14(25-16(19)20)15(9-11)24-2/h3-9,16H,10H2,1-2H3,(H,21,23). The molecule has 0 bridgehead atoms. The number of methoxy groups -OCH3 is 1. The second-order valence-electron chi connectivity index (χ2n) is 5.16. The lowest BCUT2D eigenvalue weighted by Crippen LogP contribution is -2.30. The number of urea groups is 1. The van der Waals surface area contributed by atoms with Crippen LogP contribution in [0.4, 0.5) is 23.7 Å². The highest BCUT2D eigenvalue weighted by Crippen LogP contribution is 2.29. The van der Waals surface area contributed by atoms with Crippen LogP contribution in [-0.2, 0) is 6.54 Å². The normalized spacial score (nSPS) is 10.5. The Morgan fingerprint density at radius 1 is 1.16 bits per heavy atom. The van der Waals surface area contributed by atoms with Gasteiger partial charge in [-0.1, -0.05) is 6.07 Å². The van der Waals surface area contributed by atoms with E-state index >= 15 is 0 Å². The molecule has 0 aliphatic carbocycles. The Kier molecular flexibility index (Phi) is 6.10. The molecule has 0 aliphatic heterocycles. The summed E-state index contributed by atoms with van der Waals surface area (Å²) in [5.41, 5.74) is 1.12. The van der Waals surface area contributed by atoms with Crippen molar-refractivity contribution in [2.45, 2.75) is 13.2 Å². The number of amides is 2. The third-order valence-corrected chi connectivity index (χ3v) is 3.31. The molecule has 0 heterocycles. The number of carbonyl (C=O) groups excluding carboxylic acids is 1.